The van der Waals surface area contributed by atoms with Crippen molar-refractivity contribution in [3.8, 4) is 5.75 Å². The molecule has 2 aliphatic rings. The quantitative estimate of drug-likeness (QED) is 0.180. The van der Waals surface area contributed by atoms with Gasteiger partial charge in [-0.25, -0.2) is 0 Å². The van der Waals surface area contributed by atoms with Crippen molar-refractivity contribution in [2.45, 2.75) is 130 Å². The summed E-state index contributed by atoms with van der Waals surface area (Å²) < 4.78 is 6.15. The Morgan fingerprint density at radius 2 is 1.51 bits per heavy atom. The Hall–Kier alpha value is -1.50. The average Bonchev–Trinajstić information content (AvgIpc) is 2.88. The number of allylic oxidation sites excluding steroid dienone is 4. The highest BCUT2D eigenvalue weighted by Crippen LogP contribution is 2.34. The van der Waals surface area contributed by atoms with E-state index in [1.165, 1.54) is 120 Å². The SMILES string of the molecule is CCCCCC1CCC(CCCCc2ccc(OCC3CC=C(CCC=C(C)C)CC3)cc2)CC1. The largest absolute Gasteiger partial charge is 0.493 e. The maximum Gasteiger partial charge on any atom is 0.119 e. The first kappa shape index (κ1) is 28.1. The van der Waals surface area contributed by atoms with E-state index in [-0.39, 0.29) is 0 Å². The molecule has 3 rings (SSSR count). The molecule has 1 aromatic carbocycles. The minimum Gasteiger partial charge on any atom is -0.493 e. The second kappa shape index (κ2) is 16.3. The summed E-state index contributed by atoms with van der Waals surface area (Å²) in [5, 5.41) is 0. The zero-order chi connectivity index (χ0) is 24.7. The van der Waals surface area contributed by atoms with Crippen LogP contribution in [0.5, 0.6) is 5.75 Å². The van der Waals surface area contributed by atoms with E-state index in [1.807, 2.05) is 0 Å². The molecule has 196 valence electrons. The van der Waals surface area contributed by atoms with Gasteiger partial charge in [-0.3, -0.25) is 0 Å². The highest BCUT2D eigenvalue weighted by molar-refractivity contribution is 5.27. The van der Waals surface area contributed by atoms with Crippen LogP contribution in [0.1, 0.15) is 129 Å². The lowest BCUT2D eigenvalue weighted by atomic mass is 9.78. The topological polar surface area (TPSA) is 9.23 Å². The zero-order valence-corrected chi connectivity index (χ0v) is 23.3. The smallest absolute Gasteiger partial charge is 0.119 e. The van der Waals surface area contributed by atoms with Crippen molar-refractivity contribution in [3.63, 3.8) is 0 Å². The molecule has 0 spiro atoms. The third kappa shape index (κ3) is 11.4. The summed E-state index contributed by atoms with van der Waals surface area (Å²) in [5.41, 5.74) is 4.56. The van der Waals surface area contributed by atoms with Crippen molar-refractivity contribution in [3.05, 3.63) is 53.1 Å². The second-order valence-corrected chi connectivity index (χ2v) is 11.9. The zero-order valence-electron chi connectivity index (χ0n) is 23.3. The van der Waals surface area contributed by atoms with Gasteiger partial charge in [-0.1, -0.05) is 107 Å². The van der Waals surface area contributed by atoms with E-state index in [0.717, 1.165) is 24.2 Å². The molecule has 0 aliphatic heterocycles. The molecule has 0 bridgehead atoms. The van der Waals surface area contributed by atoms with Crippen LogP contribution in [0.2, 0.25) is 0 Å². The van der Waals surface area contributed by atoms with E-state index >= 15 is 0 Å². The van der Waals surface area contributed by atoms with Crippen molar-refractivity contribution in [1.82, 2.24) is 0 Å². The van der Waals surface area contributed by atoms with Crippen molar-refractivity contribution in [2.24, 2.45) is 17.8 Å². The maximum absolute atomic E-state index is 6.15. The normalized spacial score (nSPS) is 22.5. The number of rotatable bonds is 15. The Bertz CT molecular complexity index is 743. The molecule has 1 saturated carbocycles. The third-order valence-electron chi connectivity index (χ3n) is 8.55. The van der Waals surface area contributed by atoms with Crippen LogP contribution in [-0.2, 0) is 6.42 Å². The molecule has 1 nitrogen and oxygen atoms in total. The lowest BCUT2D eigenvalue weighted by Crippen LogP contribution is -2.15. The van der Waals surface area contributed by atoms with Crippen LogP contribution >= 0.6 is 0 Å². The molecule has 0 amide bonds. The Labute approximate surface area is 217 Å². The molecule has 1 atom stereocenters. The molecule has 1 unspecified atom stereocenters. The number of benzene rings is 1. The standard InChI is InChI=1S/C34H54O/c1-4-5-6-11-29-15-17-30(18-16-29)12-7-8-13-31-23-25-34(26-24-31)35-27-33-21-19-32(20-22-33)14-9-10-28(2)3/h10,19,23-26,29-30,33H,4-9,11-18,20-22,27H2,1-3H3. The van der Waals surface area contributed by atoms with Gasteiger partial charge in [0.1, 0.15) is 5.75 Å². The number of ether oxygens (including phenoxy) is 1. The van der Waals surface area contributed by atoms with Gasteiger partial charge in [-0.2, -0.15) is 0 Å². The molecular formula is C34H54O. The first-order valence-electron chi connectivity index (χ1n) is 15.2. The molecular weight excluding hydrogens is 424 g/mol. The molecule has 0 radical (unpaired) electrons. The second-order valence-electron chi connectivity index (χ2n) is 11.9. The number of hydrogen-bond acceptors (Lipinski definition) is 1. The summed E-state index contributed by atoms with van der Waals surface area (Å²) >= 11 is 0. The summed E-state index contributed by atoms with van der Waals surface area (Å²) in [5.74, 6) is 3.77. The third-order valence-corrected chi connectivity index (χ3v) is 8.55. The molecule has 1 aromatic rings. The summed E-state index contributed by atoms with van der Waals surface area (Å²) in [6.07, 6.45) is 28.2. The van der Waals surface area contributed by atoms with Crippen LogP contribution in [0, 0.1) is 17.8 Å². The van der Waals surface area contributed by atoms with Gasteiger partial charge in [0, 0.05) is 0 Å². The van der Waals surface area contributed by atoms with E-state index in [9.17, 15) is 0 Å². The van der Waals surface area contributed by atoms with E-state index in [2.05, 4.69) is 57.2 Å². The predicted molar refractivity (Wildman–Crippen MR) is 153 cm³/mol. The van der Waals surface area contributed by atoms with E-state index in [4.69, 9.17) is 4.74 Å². The fourth-order valence-electron chi connectivity index (χ4n) is 6.09. The summed E-state index contributed by atoms with van der Waals surface area (Å²) in [6, 6.07) is 8.97. The van der Waals surface area contributed by atoms with Crippen molar-refractivity contribution in [2.75, 3.05) is 6.61 Å². The van der Waals surface area contributed by atoms with Crippen LogP contribution in [0.15, 0.2) is 47.6 Å². The maximum atomic E-state index is 6.15. The average molecular weight is 479 g/mol. The Morgan fingerprint density at radius 1 is 0.829 bits per heavy atom. The fourth-order valence-corrected chi connectivity index (χ4v) is 6.09. The molecule has 0 aromatic heterocycles. The Balaban J connectivity index is 1.24. The van der Waals surface area contributed by atoms with Gasteiger partial charge in [-0.15, -0.1) is 0 Å². The molecule has 35 heavy (non-hydrogen) atoms. The van der Waals surface area contributed by atoms with Gasteiger partial charge in [-0.05, 0) is 94.2 Å². The minimum absolute atomic E-state index is 0.674. The van der Waals surface area contributed by atoms with Crippen LogP contribution in [0.3, 0.4) is 0 Å². The molecule has 0 N–H and O–H groups in total. The molecule has 0 saturated heterocycles. The number of unbranched alkanes of at least 4 members (excludes halogenated alkanes) is 3. The van der Waals surface area contributed by atoms with Gasteiger partial charge >= 0.3 is 0 Å². The molecule has 1 fully saturated rings. The lowest BCUT2D eigenvalue weighted by molar-refractivity contribution is 0.236. The van der Waals surface area contributed by atoms with E-state index < -0.39 is 0 Å². The van der Waals surface area contributed by atoms with Crippen LogP contribution in [-0.4, -0.2) is 6.61 Å². The molecule has 2 aliphatic carbocycles. The Kier molecular flexibility index (Phi) is 13.1. The predicted octanol–water partition coefficient (Wildman–Crippen LogP) is 10.6. The van der Waals surface area contributed by atoms with Gasteiger partial charge < -0.3 is 4.74 Å². The minimum atomic E-state index is 0.674. The first-order chi connectivity index (χ1) is 17.1. The van der Waals surface area contributed by atoms with Gasteiger partial charge in [0.05, 0.1) is 6.61 Å². The highest BCUT2D eigenvalue weighted by atomic mass is 16.5. The van der Waals surface area contributed by atoms with Crippen molar-refractivity contribution < 1.29 is 4.74 Å². The highest BCUT2D eigenvalue weighted by Gasteiger charge is 2.20. The van der Waals surface area contributed by atoms with Gasteiger partial charge in [0.25, 0.3) is 0 Å². The Morgan fingerprint density at radius 3 is 2.11 bits per heavy atom. The van der Waals surface area contributed by atoms with E-state index in [1.54, 1.807) is 5.57 Å². The van der Waals surface area contributed by atoms with Crippen molar-refractivity contribution in [1.29, 1.82) is 0 Å². The van der Waals surface area contributed by atoms with Crippen LogP contribution in [0.25, 0.3) is 0 Å². The van der Waals surface area contributed by atoms with E-state index in [0.29, 0.717) is 5.92 Å². The van der Waals surface area contributed by atoms with Crippen LogP contribution < -0.4 is 4.74 Å². The first-order valence-corrected chi connectivity index (χ1v) is 15.2. The summed E-state index contributed by atoms with van der Waals surface area (Å²) in [6.45, 7) is 7.56. The van der Waals surface area contributed by atoms with Crippen molar-refractivity contribution >= 4 is 0 Å². The lowest BCUT2D eigenvalue weighted by Gasteiger charge is -2.28. The summed E-state index contributed by atoms with van der Waals surface area (Å²) in [7, 11) is 0. The fraction of sp³-hybridized carbons (Fsp3) is 0.706. The molecule has 0 heterocycles. The summed E-state index contributed by atoms with van der Waals surface area (Å²) in [4.78, 5) is 0. The number of hydrogen-bond donors (Lipinski definition) is 0. The van der Waals surface area contributed by atoms with Gasteiger partial charge in [0.2, 0.25) is 0 Å². The number of aryl methyl sites for hydroxylation is 1. The monoisotopic (exact) mass is 478 g/mol. The van der Waals surface area contributed by atoms with Crippen LogP contribution in [0.4, 0.5) is 0 Å². The molecule has 1 heteroatoms. The van der Waals surface area contributed by atoms with Gasteiger partial charge in [0.15, 0.2) is 0 Å².